The molecule has 0 aromatic heterocycles. The molecular formula is C29H33N3O6. The highest BCUT2D eigenvalue weighted by Gasteiger charge is 2.55. The number of esters is 1. The smallest absolute Gasteiger partial charge is 0.408 e. The van der Waals surface area contributed by atoms with Crippen molar-refractivity contribution < 1.29 is 28.6 Å². The summed E-state index contributed by atoms with van der Waals surface area (Å²) in [4.78, 5) is 42.4. The van der Waals surface area contributed by atoms with Crippen molar-refractivity contribution in [3.05, 3.63) is 95.3 Å². The number of nitrogens with zero attached hydrogens (tertiary/aromatic N) is 2. The number of carbonyl (C=O) groups is 3. The number of fused-ring (bicyclic) bond motifs is 1. The second-order valence-corrected chi connectivity index (χ2v) is 10.3. The molecule has 1 saturated heterocycles. The van der Waals surface area contributed by atoms with Crippen molar-refractivity contribution in [3.63, 3.8) is 0 Å². The molecule has 0 radical (unpaired) electrons. The summed E-state index contributed by atoms with van der Waals surface area (Å²) in [7, 11) is 3.69. The van der Waals surface area contributed by atoms with Gasteiger partial charge in [-0.2, -0.15) is 0 Å². The zero-order valence-corrected chi connectivity index (χ0v) is 22.2. The van der Waals surface area contributed by atoms with Gasteiger partial charge >= 0.3 is 12.1 Å². The second-order valence-electron chi connectivity index (χ2n) is 10.3. The molecule has 2 atom stereocenters. The average Bonchev–Trinajstić information content (AvgIpc) is 2.88. The third-order valence-corrected chi connectivity index (χ3v) is 5.87. The van der Waals surface area contributed by atoms with Crippen molar-refractivity contribution in [2.45, 2.75) is 44.7 Å². The van der Waals surface area contributed by atoms with E-state index in [-0.39, 0.29) is 12.3 Å². The molecule has 0 aliphatic carbocycles. The Kier molecular flexibility index (Phi) is 7.87. The Labute approximate surface area is 222 Å². The molecule has 2 aromatic carbocycles. The summed E-state index contributed by atoms with van der Waals surface area (Å²) in [6.07, 6.45) is 1.19. The third-order valence-electron chi connectivity index (χ3n) is 5.87. The van der Waals surface area contributed by atoms with E-state index in [0.29, 0.717) is 5.57 Å². The van der Waals surface area contributed by atoms with Gasteiger partial charge in [0.05, 0.1) is 6.61 Å². The van der Waals surface area contributed by atoms with E-state index >= 15 is 0 Å². The number of hydrogen-bond donors (Lipinski definition) is 1. The van der Waals surface area contributed by atoms with Gasteiger partial charge in [-0.05, 0) is 44.2 Å². The zero-order chi connectivity index (χ0) is 27.4. The molecule has 4 rings (SSSR count). The molecule has 2 aliphatic rings. The molecule has 2 heterocycles. The van der Waals surface area contributed by atoms with Gasteiger partial charge in [-0.15, -0.1) is 0 Å². The van der Waals surface area contributed by atoms with Crippen LogP contribution in [0.2, 0.25) is 0 Å². The number of amides is 2. The first-order valence-corrected chi connectivity index (χ1v) is 12.4. The van der Waals surface area contributed by atoms with E-state index in [9.17, 15) is 14.4 Å². The first kappa shape index (κ1) is 26.9. The van der Waals surface area contributed by atoms with E-state index in [0.717, 1.165) is 11.1 Å². The second kappa shape index (κ2) is 11.1. The Morgan fingerprint density at radius 3 is 2.16 bits per heavy atom. The van der Waals surface area contributed by atoms with E-state index in [1.807, 2.05) is 79.7 Å². The summed E-state index contributed by atoms with van der Waals surface area (Å²) in [5, 5.41) is 2.56. The number of alkyl carbamates (subject to hydrolysis) is 1. The van der Waals surface area contributed by atoms with Gasteiger partial charge < -0.3 is 24.4 Å². The quantitative estimate of drug-likeness (QED) is 0.440. The lowest BCUT2D eigenvalue weighted by molar-refractivity contribution is -0.184. The Bertz CT molecular complexity index is 1190. The van der Waals surface area contributed by atoms with Gasteiger partial charge in [-0.25, -0.2) is 9.59 Å². The van der Waals surface area contributed by atoms with Crippen LogP contribution < -0.4 is 5.32 Å². The molecule has 9 heteroatoms. The van der Waals surface area contributed by atoms with Crippen molar-refractivity contribution >= 4 is 18.0 Å². The van der Waals surface area contributed by atoms with Gasteiger partial charge in [0, 0.05) is 19.7 Å². The Balaban J connectivity index is 1.64. The van der Waals surface area contributed by atoms with Crippen LogP contribution in [0.3, 0.4) is 0 Å². The maximum atomic E-state index is 13.8. The minimum Gasteiger partial charge on any atom is -0.448 e. The van der Waals surface area contributed by atoms with Crippen molar-refractivity contribution in [2.75, 3.05) is 20.7 Å². The lowest BCUT2D eigenvalue weighted by atomic mass is 9.98. The third kappa shape index (κ3) is 6.06. The van der Waals surface area contributed by atoms with Gasteiger partial charge in [-0.1, -0.05) is 60.7 Å². The normalized spacial score (nSPS) is 19.2. The topological polar surface area (TPSA) is 97.4 Å². The van der Waals surface area contributed by atoms with Crippen LogP contribution in [0, 0.1) is 0 Å². The highest BCUT2D eigenvalue weighted by atomic mass is 16.6. The largest absolute Gasteiger partial charge is 0.448 e. The molecule has 1 N–H and O–H groups in total. The zero-order valence-electron chi connectivity index (χ0n) is 22.2. The van der Waals surface area contributed by atoms with Crippen molar-refractivity contribution in [1.29, 1.82) is 0 Å². The van der Waals surface area contributed by atoms with Gasteiger partial charge in [0.2, 0.25) is 0 Å². The summed E-state index contributed by atoms with van der Waals surface area (Å²) in [5.41, 5.74) is 1.43. The number of nitrogens with one attached hydrogen (secondary N) is 1. The summed E-state index contributed by atoms with van der Waals surface area (Å²) < 4.78 is 17.3. The fourth-order valence-corrected chi connectivity index (χ4v) is 4.18. The average molecular weight is 520 g/mol. The van der Waals surface area contributed by atoms with Gasteiger partial charge in [-0.3, -0.25) is 9.69 Å². The molecule has 200 valence electrons. The summed E-state index contributed by atoms with van der Waals surface area (Å²) in [6, 6.07) is 17.8. The standard InChI is InChI=1S/C29H33N3O6/c1-29(2,3)38-28(35)30-22-25(33)32-23(21(16-17-31(4)5)18-36-26(22)32)27(34)37-24(19-12-8-6-9-13-19)20-14-10-7-11-15-20/h6-17,22,24,26H,18H2,1-5H3,(H,30,35)/b17-16+. The molecule has 0 bridgehead atoms. The highest BCUT2D eigenvalue weighted by molar-refractivity contribution is 6.02. The predicted molar refractivity (Wildman–Crippen MR) is 140 cm³/mol. The molecule has 0 saturated carbocycles. The van der Waals surface area contributed by atoms with Crippen LogP contribution in [0.5, 0.6) is 0 Å². The van der Waals surface area contributed by atoms with Gasteiger partial charge in [0.1, 0.15) is 11.3 Å². The molecule has 38 heavy (non-hydrogen) atoms. The molecular weight excluding hydrogens is 486 g/mol. The lowest BCUT2D eigenvalue weighted by Crippen LogP contribution is -2.73. The van der Waals surface area contributed by atoms with Gasteiger partial charge in [0.15, 0.2) is 18.4 Å². The summed E-state index contributed by atoms with van der Waals surface area (Å²) >= 11 is 0. The highest BCUT2D eigenvalue weighted by Crippen LogP contribution is 2.36. The number of carbonyl (C=O) groups excluding carboxylic acids is 3. The van der Waals surface area contributed by atoms with E-state index in [1.54, 1.807) is 33.0 Å². The fraction of sp³-hybridized carbons (Fsp3) is 0.345. The number of hydrogen-bond acceptors (Lipinski definition) is 7. The Morgan fingerprint density at radius 2 is 1.63 bits per heavy atom. The van der Waals surface area contributed by atoms with Crippen LogP contribution >= 0.6 is 0 Å². The molecule has 9 nitrogen and oxygen atoms in total. The maximum absolute atomic E-state index is 13.8. The monoisotopic (exact) mass is 519 g/mol. The van der Waals surface area contributed by atoms with Crippen LogP contribution in [0.1, 0.15) is 38.0 Å². The number of β-lactam (4-membered cyclic amide) rings is 1. The maximum Gasteiger partial charge on any atom is 0.408 e. The van der Waals surface area contributed by atoms with E-state index < -0.39 is 41.9 Å². The molecule has 2 aliphatic heterocycles. The van der Waals surface area contributed by atoms with Crippen LogP contribution in [0.15, 0.2) is 84.2 Å². The van der Waals surface area contributed by atoms with Crippen LogP contribution in [-0.4, -0.2) is 66.3 Å². The van der Waals surface area contributed by atoms with E-state index in [1.165, 1.54) is 4.90 Å². The predicted octanol–water partition coefficient (Wildman–Crippen LogP) is 3.74. The van der Waals surface area contributed by atoms with Crippen LogP contribution in [-0.2, 0) is 23.8 Å². The number of benzene rings is 2. The van der Waals surface area contributed by atoms with Crippen LogP contribution in [0.25, 0.3) is 0 Å². The minimum absolute atomic E-state index is 0.0526. The minimum atomic E-state index is -0.980. The van der Waals surface area contributed by atoms with Crippen molar-refractivity contribution in [1.82, 2.24) is 15.1 Å². The first-order chi connectivity index (χ1) is 18.0. The van der Waals surface area contributed by atoms with Crippen molar-refractivity contribution in [3.8, 4) is 0 Å². The van der Waals surface area contributed by atoms with E-state index in [2.05, 4.69) is 5.32 Å². The first-order valence-electron chi connectivity index (χ1n) is 12.4. The SMILES string of the molecule is CN(C)/C=C/C1=C(C(=O)OC(c2ccccc2)c2ccccc2)N2C(=O)C(NC(=O)OC(C)(C)C)C2OC1. The van der Waals surface area contributed by atoms with E-state index in [4.69, 9.17) is 14.2 Å². The van der Waals surface area contributed by atoms with Crippen LogP contribution in [0.4, 0.5) is 4.79 Å². The summed E-state index contributed by atoms with van der Waals surface area (Å²) in [5.74, 6) is -1.15. The summed E-state index contributed by atoms with van der Waals surface area (Å²) in [6.45, 7) is 5.25. The number of rotatable bonds is 7. The molecule has 1 fully saturated rings. The van der Waals surface area contributed by atoms with Gasteiger partial charge in [0.25, 0.3) is 5.91 Å². The molecule has 2 aromatic rings. The number of ether oxygens (including phenoxy) is 3. The fourth-order valence-electron chi connectivity index (χ4n) is 4.18. The Morgan fingerprint density at radius 1 is 1.05 bits per heavy atom. The van der Waals surface area contributed by atoms with Crippen molar-refractivity contribution in [2.24, 2.45) is 0 Å². The molecule has 2 unspecified atom stereocenters. The molecule has 0 spiro atoms. The lowest BCUT2D eigenvalue weighted by Gasteiger charge is -2.49. The Hall–Kier alpha value is -4.11. The molecule has 2 amide bonds.